The van der Waals surface area contributed by atoms with E-state index in [0.717, 1.165) is 56.3 Å². The summed E-state index contributed by atoms with van der Waals surface area (Å²) in [6.07, 6.45) is -3.96. The molecule has 3 rings (SSSR count). The second-order valence-electron chi connectivity index (χ2n) is 7.40. The number of carbonyl (C=O) groups is 1. The van der Waals surface area contributed by atoms with Gasteiger partial charge in [0, 0.05) is 30.2 Å². The maximum Gasteiger partial charge on any atom is 0.425 e. The van der Waals surface area contributed by atoms with Crippen LogP contribution in [0.2, 0.25) is 5.02 Å². The van der Waals surface area contributed by atoms with Gasteiger partial charge in [-0.25, -0.2) is 4.79 Å². The van der Waals surface area contributed by atoms with Crippen molar-refractivity contribution in [2.75, 3.05) is 19.6 Å². The van der Waals surface area contributed by atoms with Gasteiger partial charge in [-0.05, 0) is 50.8 Å². The summed E-state index contributed by atoms with van der Waals surface area (Å²) in [6, 6.07) is 7.75. The van der Waals surface area contributed by atoms with Crippen LogP contribution in [0.25, 0.3) is 0 Å². The summed E-state index contributed by atoms with van der Waals surface area (Å²) < 4.78 is 42.4. The molecule has 0 bridgehead atoms. The Morgan fingerprint density at radius 3 is 2.52 bits per heavy atom. The number of piperidine rings is 1. The zero-order valence-corrected chi connectivity index (χ0v) is 16.0. The predicted molar refractivity (Wildman–Crippen MR) is 96.6 cm³/mol. The summed E-state index contributed by atoms with van der Waals surface area (Å²) >= 11 is 6.29. The lowest BCUT2D eigenvalue weighted by molar-refractivity contribution is -0.200. The fraction of sp³-hybridized carbons (Fsp3) is 0.632. The second-order valence-corrected chi connectivity index (χ2v) is 7.80. The van der Waals surface area contributed by atoms with Gasteiger partial charge in [0.1, 0.15) is 0 Å². The molecule has 150 valence electrons. The summed E-state index contributed by atoms with van der Waals surface area (Å²) in [5.41, 5.74) is 1.05. The standard InChI is InChI=1S/C19H24ClF3N2O2/c1-14(19(21,22)23)27-17(26)24-11-8-18(9-12-24)7-4-10-25(18)13-15-5-2-3-6-16(15)20/h2-3,5-6,14H,4,7-13H2,1H3. The highest BCUT2D eigenvalue weighted by Crippen LogP contribution is 2.40. The molecule has 27 heavy (non-hydrogen) atoms. The second kappa shape index (κ2) is 7.87. The van der Waals surface area contributed by atoms with Crippen LogP contribution in [0, 0.1) is 0 Å². The Kier molecular flexibility index (Phi) is 5.91. The molecule has 1 aromatic rings. The molecule has 1 atom stereocenters. The van der Waals surface area contributed by atoms with Gasteiger partial charge in [0.15, 0.2) is 6.10 Å². The Morgan fingerprint density at radius 1 is 1.22 bits per heavy atom. The molecule has 1 aromatic carbocycles. The molecule has 2 fully saturated rings. The third-order valence-corrected chi connectivity index (χ3v) is 6.12. The fourth-order valence-electron chi connectivity index (χ4n) is 4.04. The van der Waals surface area contributed by atoms with E-state index in [-0.39, 0.29) is 5.54 Å². The van der Waals surface area contributed by atoms with Crippen LogP contribution < -0.4 is 0 Å². The summed E-state index contributed by atoms with van der Waals surface area (Å²) in [6.45, 7) is 3.37. The summed E-state index contributed by atoms with van der Waals surface area (Å²) in [5.74, 6) is 0. The molecule has 2 aliphatic heterocycles. The van der Waals surface area contributed by atoms with E-state index >= 15 is 0 Å². The van der Waals surface area contributed by atoms with E-state index in [1.807, 2.05) is 24.3 Å². The van der Waals surface area contributed by atoms with Gasteiger partial charge in [0.2, 0.25) is 0 Å². The number of rotatable bonds is 3. The Balaban J connectivity index is 1.60. The van der Waals surface area contributed by atoms with Crippen molar-refractivity contribution >= 4 is 17.7 Å². The zero-order chi connectivity index (χ0) is 19.7. The lowest BCUT2D eigenvalue weighted by atomic mass is 9.85. The van der Waals surface area contributed by atoms with Gasteiger partial charge in [0.05, 0.1) is 0 Å². The van der Waals surface area contributed by atoms with Crippen LogP contribution in [-0.4, -0.2) is 53.3 Å². The van der Waals surface area contributed by atoms with Gasteiger partial charge in [-0.15, -0.1) is 0 Å². The number of alkyl halides is 3. The smallest absolute Gasteiger partial charge is 0.425 e. The number of hydrogen-bond donors (Lipinski definition) is 0. The molecule has 1 unspecified atom stereocenters. The molecule has 2 saturated heterocycles. The number of ether oxygens (including phenoxy) is 1. The van der Waals surface area contributed by atoms with Gasteiger partial charge in [-0.1, -0.05) is 29.8 Å². The molecule has 1 amide bonds. The largest absolute Gasteiger partial charge is 0.437 e. The third kappa shape index (κ3) is 4.51. The first kappa shape index (κ1) is 20.3. The van der Waals surface area contributed by atoms with Crippen molar-refractivity contribution in [2.45, 2.75) is 57.0 Å². The van der Waals surface area contributed by atoms with E-state index in [4.69, 9.17) is 11.6 Å². The summed E-state index contributed by atoms with van der Waals surface area (Å²) in [5, 5.41) is 0.738. The highest BCUT2D eigenvalue weighted by atomic mass is 35.5. The van der Waals surface area contributed by atoms with Gasteiger partial charge >= 0.3 is 12.3 Å². The molecule has 0 radical (unpaired) electrons. The lowest BCUT2D eigenvalue weighted by Gasteiger charge is -2.45. The minimum Gasteiger partial charge on any atom is -0.437 e. The van der Waals surface area contributed by atoms with Crippen LogP contribution in [-0.2, 0) is 11.3 Å². The molecule has 0 saturated carbocycles. The number of halogens is 4. The van der Waals surface area contributed by atoms with Gasteiger partial charge < -0.3 is 9.64 Å². The van der Waals surface area contributed by atoms with E-state index in [1.165, 1.54) is 4.90 Å². The minimum absolute atomic E-state index is 0.0222. The van der Waals surface area contributed by atoms with Gasteiger partial charge in [-0.2, -0.15) is 13.2 Å². The van der Waals surface area contributed by atoms with Crippen molar-refractivity contribution in [2.24, 2.45) is 0 Å². The van der Waals surface area contributed by atoms with Crippen molar-refractivity contribution in [3.63, 3.8) is 0 Å². The highest BCUT2D eigenvalue weighted by molar-refractivity contribution is 6.31. The molecule has 8 heteroatoms. The van der Waals surface area contributed by atoms with Crippen molar-refractivity contribution in [1.82, 2.24) is 9.80 Å². The van der Waals surface area contributed by atoms with E-state index in [0.29, 0.717) is 13.1 Å². The molecule has 2 heterocycles. The van der Waals surface area contributed by atoms with Crippen LogP contribution in [0.5, 0.6) is 0 Å². The number of amides is 1. The zero-order valence-electron chi connectivity index (χ0n) is 15.3. The van der Waals surface area contributed by atoms with E-state index < -0.39 is 18.4 Å². The Morgan fingerprint density at radius 2 is 1.89 bits per heavy atom. The number of benzene rings is 1. The van der Waals surface area contributed by atoms with Crippen molar-refractivity contribution in [3.8, 4) is 0 Å². The van der Waals surface area contributed by atoms with Crippen molar-refractivity contribution in [3.05, 3.63) is 34.9 Å². The molecule has 0 aromatic heterocycles. The Hall–Kier alpha value is -1.47. The maximum absolute atomic E-state index is 12.6. The number of hydrogen-bond acceptors (Lipinski definition) is 3. The first-order valence-electron chi connectivity index (χ1n) is 9.22. The Labute approximate surface area is 162 Å². The molecule has 2 aliphatic rings. The van der Waals surface area contributed by atoms with Crippen molar-refractivity contribution in [1.29, 1.82) is 0 Å². The van der Waals surface area contributed by atoms with E-state index in [9.17, 15) is 18.0 Å². The molecular formula is C19H24ClF3N2O2. The van der Waals surface area contributed by atoms with E-state index in [2.05, 4.69) is 9.64 Å². The molecule has 0 aliphatic carbocycles. The van der Waals surface area contributed by atoms with Gasteiger partial charge in [0.25, 0.3) is 0 Å². The van der Waals surface area contributed by atoms with Crippen LogP contribution in [0.4, 0.5) is 18.0 Å². The number of nitrogens with zero attached hydrogens (tertiary/aromatic N) is 2. The summed E-state index contributed by atoms with van der Waals surface area (Å²) in [4.78, 5) is 15.8. The maximum atomic E-state index is 12.6. The van der Waals surface area contributed by atoms with E-state index in [1.54, 1.807) is 0 Å². The average Bonchev–Trinajstić information content (AvgIpc) is 2.98. The first-order valence-corrected chi connectivity index (χ1v) is 9.60. The molecule has 0 N–H and O–H groups in total. The third-order valence-electron chi connectivity index (χ3n) is 5.75. The highest BCUT2D eigenvalue weighted by Gasteiger charge is 2.45. The van der Waals surface area contributed by atoms with Crippen LogP contribution >= 0.6 is 11.6 Å². The van der Waals surface area contributed by atoms with Crippen LogP contribution in [0.3, 0.4) is 0 Å². The Bertz CT molecular complexity index is 675. The predicted octanol–water partition coefficient (Wildman–Crippen LogP) is 4.86. The molecular weight excluding hydrogens is 381 g/mol. The summed E-state index contributed by atoms with van der Waals surface area (Å²) in [7, 11) is 0. The SMILES string of the molecule is CC(OC(=O)N1CCC2(CCCN2Cc2ccccc2Cl)CC1)C(F)(F)F. The van der Waals surface area contributed by atoms with Crippen LogP contribution in [0.1, 0.15) is 38.2 Å². The van der Waals surface area contributed by atoms with Crippen LogP contribution in [0.15, 0.2) is 24.3 Å². The molecule has 1 spiro atoms. The minimum atomic E-state index is -4.54. The number of likely N-dealkylation sites (tertiary alicyclic amines) is 2. The normalized spacial score (nSPS) is 21.4. The lowest BCUT2D eigenvalue weighted by Crippen LogP contribution is -2.53. The fourth-order valence-corrected chi connectivity index (χ4v) is 4.23. The average molecular weight is 405 g/mol. The quantitative estimate of drug-likeness (QED) is 0.721. The molecule has 4 nitrogen and oxygen atoms in total. The van der Waals surface area contributed by atoms with Gasteiger partial charge in [-0.3, -0.25) is 4.90 Å². The number of carbonyl (C=O) groups excluding carboxylic acids is 1. The van der Waals surface area contributed by atoms with Crippen molar-refractivity contribution < 1.29 is 22.7 Å². The first-order chi connectivity index (χ1) is 12.7. The monoisotopic (exact) mass is 404 g/mol. The topological polar surface area (TPSA) is 32.8 Å².